The number of rotatable bonds is 5. The highest BCUT2D eigenvalue weighted by Gasteiger charge is 2.54. The molecule has 0 heterocycles. The maximum Gasteiger partial charge on any atom is 0.421 e. The van der Waals surface area contributed by atoms with E-state index in [1.54, 1.807) is 0 Å². The molecule has 0 aliphatic heterocycles. The van der Waals surface area contributed by atoms with Crippen LogP contribution in [0.15, 0.2) is 53.4 Å². The van der Waals surface area contributed by atoms with Gasteiger partial charge >= 0.3 is 6.18 Å². The summed E-state index contributed by atoms with van der Waals surface area (Å²) in [5, 5.41) is 10.1. The van der Waals surface area contributed by atoms with Crippen LogP contribution in [-0.4, -0.2) is 19.7 Å². The highest BCUT2D eigenvalue weighted by Crippen LogP contribution is 2.49. The Balaban J connectivity index is 2.08. The standard InChI is InChI=1S/C21H22F4O3S/c1-2-20(26,21(23,24)25)16-7-5-15(6-8-16)19(13-3-4-14-19)29(27,28)18-11-9-17(22)10-12-18/h5-12,26H,2-4,13-14H2,1H3. The van der Waals surface area contributed by atoms with Crippen LogP contribution in [0.2, 0.25) is 0 Å². The van der Waals surface area contributed by atoms with Gasteiger partial charge < -0.3 is 5.11 Å². The van der Waals surface area contributed by atoms with Crippen LogP contribution in [0.25, 0.3) is 0 Å². The molecule has 1 unspecified atom stereocenters. The Bertz CT molecular complexity index is 960. The first-order valence-electron chi connectivity index (χ1n) is 9.38. The van der Waals surface area contributed by atoms with Gasteiger partial charge in [0.2, 0.25) is 0 Å². The molecule has 0 amide bonds. The number of sulfone groups is 1. The van der Waals surface area contributed by atoms with E-state index in [4.69, 9.17) is 0 Å². The lowest BCUT2D eigenvalue weighted by atomic mass is 9.87. The van der Waals surface area contributed by atoms with Crippen molar-refractivity contribution in [3.05, 3.63) is 65.5 Å². The summed E-state index contributed by atoms with van der Waals surface area (Å²) in [4.78, 5) is -0.0229. The largest absolute Gasteiger partial charge is 0.421 e. The van der Waals surface area contributed by atoms with Crippen LogP contribution in [-0.2, 0) is 20.2 Å². The van der Waals surface area contributed by atoms with Crippen molar-refractivity contribution in [3.63, 3.8) is 0 Å². The minimum absolute atomic E-state index is 0.0229. The fourth-order valence-corrected chi connectivity index (χ4v) is 6.33. The highest BCUT2D eigenvalue weighted by atomic mass is 32.2. The molecule has 1 fully saturated rings. The van der Waals surface area contributed by atoms with Crippen molar-refractivity contribution in [3.8, 4) is 0 Å². The fraction of sp³-hybridized carbons (Fsp3) is 0.429. The summed E-state index contributed by atoms with van der Waals surface area (Å²) in [6.45, 7) is 1.23. The normalized spacial score (nSPS) is 19.1. The molecule has 0 spiro atoms. The van der Waals surface area contributed by atoms with Crippen molar-refractivity contribution in [2.75, 3.05) is 0 Å². The number of aliphatic hydroxyl groups is 1. The minimum Gasteiger partial charge on any atom is -0.376 e. The van der Waals surface area contributed by atoms with Gasteiger partial charge in [-0.2, -0.15) is 13.2 Å². The zero-order valence-electron chi connectivity index (χ0n) is 15.8. The van der Waals surface area contributed by atoms with Gasteiger partial charge in [0.25, 0.3) is 0 Å². The quantitative estimate of drug-likeness (QED) is 0.522. The summed E-state index contributed by atoms with van der Waals surface area (Å²) in [7, 11) is -3.90. The Morgan fingerprint density at radius 1 is 0.966 bits per heavy atom. The van der Waals surface area contributed by atoms with E-state index in [0.29, 0.717) is 31.2 Å². The molecule has 158 valence electrons. The average Bonchev–Trinajstić information content (AvgIpc) is 3.19. The van der Waals surface area contributed by atoms with Gasteiger partial charge in [0.1, 0.15) is 10.6 Å². The molecule has 3 nitrogen and oxygen atoms in total. The third-order valence-corrected chi connectivity index (χ3v) is 8.48. The van der Waals surface area contributed by atoms with Gasteiger partial charge in [-0.05, 0) is 54.7 Å². The molecule has 1 N–H and O–H groups in total. The monoisotopic (exact) mass is 430 g/mol. The molecular formula is C21H22F4O3S. The van der Waals surface area contributed by atoms with E-state index in [1.165, 1.54) is 31.2 Å². The number of alkyl halides is 3. The average molecular weight is 430 g/mol. The van der Waals surface area contributed by atoms with Crippen molar-refractivity contribution in [1.82, 2.24) is 0 Å². The first kappa shape index (κ1) is 21.8. The maximum atomic E-state index is 13.4. The molecule has 0 bridgehead atoms. The molecule has 0 saturated heterocycles. The first-order valence-corrected chi connectivity index (χ1v) is 10.9. The van der Waals surface area contributed by atoms with Gasteiger partial charge in [0.05, 0.1) is 4.90 Å². The number of benzene rings is 2. The van der Waals surface area contributed by atoms with Crippen molar-refractivity contribution in [2.24, 2.45) is 0 Å². The molecule has 1 atom stereocenters. The molecular weight excluding hydrogens is 408 g/mol. The molecule has 3 rings (SSSR count). The van der Waals surface area contributed by atoms with Crippen LogP contribution in [0.4, 0.5) is 17.6 Å². The van der Waals surface area contributed by atoms with E-state index in [9.17, 15) is 31.1 Å². The lowest BCUT2D eigenvalue weighted by Crippen LogP contribution is -2.41. The molecule has 8 heteroatoms. The molecule has 1 saturated carbocycles. The summed E-state index contributed by atoms with van der Waals surface area (Å²) < 4.78 is 78.8. The Hall–Kier alpha value is -1.93. The van der Waals surface area contributed by atoms with E-state index in [0.717, 1.165) is 24.3 Å². The molecule has 2 aromatic rings. The summed E-state index contributed by atoms with van der Waals surface area (Å²) in [6, 6.07) is 9.56. The zero-order chi connectivity index (χ0) is 21.5. The van der Waals surface area contributed by atoms with E-state index in [2.05, 4.69) is 0 Å². The number of halogens is 4. The summed E-state index contributed by atoms with van der Waals surface area (Å²) in [5.41, 5.74) is -2.95. The van der Waals surface area contributed by atoms with Gasteiger partial charge in [-0.25, -0.2) is 12.8 Å². The van der Waals surface area contributed by atoms with Gasteiger partial charge in [-0.1, -0.05) is 44.0 Å². The third-order valence-electron chi connectivity index (χ3n) is 5.92. The lowest BCUT2D eigenvalue weighted by molar-refractivity contribution is -0.267. The smallest absolute Gasteiger partial charge is 0.376 e. The predicted octanol–water partition coefficient (Wildman–Crippen LogP) is 5.23. The molecule has 2 aromatic carbocycles. The van der Waals surface area contributed by atoms with Gasteiger partial charge in [-0.15, -0.1) is 0 Å². The summed E-state index contributed by atoms with van der Waals surface area (Å²) >= 11 is 0. The predicted molar refractivity (Wildman–Crippen MR) is 100 cm³/mol. The molecule has 1 aliphatic carbocycles. The lowest BCUT2D eigenvalue weighted by Gasteiger charge is -2.32. The molecule has 0 radical (unpaired) electrons. The van der Waals surface area contributed by atoms with Crippen LogP contribution < -0.4 is 0 Å². The van der Waals surface area contributed by atoms with E-state index in [-0.39, 0.29) is 10.5 Å². The highest BCUT2D eigenvalue weighted by molar-refractivity contribution is 7.92. The zero-order valence-corrected chi connectivity index (χ0v) is 16.7. The van der Waals surface area contributed by atoms with Crippen LogP contribution in [0, 0.1) is 5.82 Å². The molecule has 29 heavy (non-hydrogen) atoms. The molecule has 0 aromatic heterocycles. The second-order valence-electron chi connectivity index (χ2n) is 7.45. The van der Waals surface area contributed by atoms with Crippen LogP contribution in [0.3, 0.4) is 0 Å². The first-order chi connectivity index (χ1) is 13.5. The van der Waals surface area contributed by atoms with Gasteiger partial charge in [-0.3, -0.25) is 0 Å². The number of hydrogen-bond donors (Lipinski definition) is 1. The Labute approximate surface area is 167 Å². The molecule has 1 aliphatic rings. The SMILES string of the molecule is CCC(O)(c1ccc(C2(S(=O)(=O)c3ccc(F)cc3)CCCC2)cc1)C(F)(F)F. The van der Waals surface area contributed by atoms with Crippen molar-refractivity contribution in [1.29, 1.82) is 0 Å². The minimum atomic E-state index is -4.85. The topological polar surface area (TPSA) is 54.4 Å². The van der Waals surface area contributed by atoms with Crippen LogP contribution in [0.1, 0.15) is 50.2 Å². The van der Waals surface area contributed by atoms with Crippen LogP contribution >= 0.6 is 0 Å². The maximum absolute atomic E-state index is 13.4. The Kier molecular flexibility index (Phi) is 5.55. The van der Waals surface area contributed by atoms with Crippen molar-refractivity contribution < 1.29 is 31.1 Å². The second-order valence-corrected chi connectivity index (χ2v) is 9.71. The van der Waals surface area contributed by atoms with Crippen molar-refractivity contribution in [2.45, 2.75) is 60.4 Å². The summed E-state index contributed by atoms with van der Waals surface area (Å²) in [5.74, 6) is -0.556. The Morgan fingerprint density at radius 3 is 1.93 bits per heavy atom. The second kappa shape index (κ2) is 7.40. The Morgan fingerprint density at radius 2 is 1.48 bits per heavy atom. The summed E-state index contributed by atoms with van der Waals surface area (Å²) in [6.07, 6.45) is -3.45. The number of hydrogen-bond acceptors (Lipinski definition) is 3. The van der Waals surface area contributed by atoms with E-state index in [1.807, 2.05) is 0 Å². The van der Waals surface area contributed by atoms with Gasteiger partial charge in [0.15, 0.2) is 15.4 Å². The van der Waals surface area contributed by atoms with Gasteiger partial charge in [0, 0.05) is 0 Å². The fourth-order valence-electron chi connectivity index (χ4n) is 4.12. The van der Waals surface area contributed by atoms with Crippen LogP contribution in [0.5, 0.6) is 0 Å². The van der Waals surface area contributed by atoms with E-state index >= 15 is 0 Å². The third kappa shape index (κ3) is 3.46. The van der Waals surface area contributed by atoms with Crippen molar-refractivity contribution >= 4 is 9.84 Å². The van der Waals surface area contributed by atoms with E-state index < -0.39 is 38.6 Å².